The molecule has 102 valence electrons. The molecule has 0 aromatic carbocycles. The Morgan fingerprint density at radius 3 is 3.06 bits per heavy atom. The van der Waals surface area contributed by atoms with E-state index in [1.165, 1.54) is 0 Å². The van der Waals surface area contributed by atoms with Crippen molar-refractivity contribution in [2.45, 2.75) is 19.9 Å². The van der Waals surface area contributed by atoms with Gasteiger partial charge in [-0.05, 0) is 13.8 Å². The van der Waals surface area contributed by atoms with Crippen molar-refractivity contribution in [1.29, 1.82) is 0 Å². The van der Waals surface area contributed by atoms with Crippen LogP contribution in [0.15, 0.2) is 4.99 Å². The molecule has 0 aromatic heterocycles. The first kappa shape index (κ1) is 14.8. The second-order valence-corrected chi connectivity index (χ2v) is 4.28. The number of nitrogens with one attached hydrogen (secondary N) is 2. The fourth-order valence-corrected chi connectivity index (χ4v) is 1.86. The van der Waals surface area contributed by atoms with Crippen LogP contribution in [0.1, 0.15) is 13.8 Å². The number of terminal acetylenes is 1. The summed E-state index contributed by atoms with van der Waals surface area (Å²) in [5.74, 6) is 3.33. The molecular formula is C13H24N4O. The van der Waals surface area contributed by atoms with Crippen LogP contribution in [0.2, 0.25) is 0 Å². The summed E-state index contributed by atoms with van der Waals surface area (Å²) in [4.78, 5) is 6.90. The number of hydrogen-bond acceptors (Lipinski definition) is 3. The van der Waals surface area contributed by atoms with Crippen molar-refractivity contribution < 1.29 is 4.74 Å². The van der Waals surface area contributed by atoms with E-state index in [1.54, 1.807) is 0 Å². The molecule has 0 saturated carbocycles. The number of nitrogens with zero attached hydrogens (tertiary/aromatic N) is 2. The van der Waals surface area contributed by atoms with E-state index in [9.17, 15) is 0 Å². The number of morpholine rings is 1. The van der Waals surface area contributed by atoms with E-state index < -0.39 is 0 Å². The molecule has 1 fully saturated rings. The number of hydrogen-bond donors (Lipinski definition) is 2. The third-order valence-electron chi connectivity index (χ3n) is 2.86. The van der Waals surface area contributed by atoms with Gasteiger partial charge in [0.1, 0.15) is 0 Å². The van der Waals surface area contributed by atoms with Gasteiger partial charge < -0.3 is 15.4 Å². The highest BCUT2D eigenvalue weighted by atomic mass is 16.5. The van der Waals surface area contributed by atoms with E-state index in [2.05, 4.69) is 33.4 Å². The average molecular weight is 252 g/mol. The summed E-state index contributed by atoms with van der Waals surface area (Å²) in [5.41, 5.74) is 0. The Balaban J connectivity index is 2.32. The number of rotatable bonds is 5. The van der Waals surface area contributed by atoms with Gasteiger partial charge in [0.05, 0.1) is 26.3 Å². The highest BCUT2D eigenvalue weighted by Gasteiger charge is 2.17. The second-order valence-electron chi connectivity index (χ2n) is 4.28. The lowest BCUT2D eigenvalue weighted by Gasteiger charge is -2.32. The fraction of sp³-hybridized carbons (Fsp3) is 0.769. The largest absolute Gasteiger partial charge is 0.379 e. The zero-order valence-corrected chi connectivity index (χ0v) is 11.4. The molecule has 1 aliphatic rings. The lowest BCUT2D eigenvalue weighted by atomic mass is 10.2. The van der Waals surface area contributed by atoms with Gasteiger partial charge in [0.25, 0.3) is 0 Å². The van der Waals surface area contributed by atoms with Crippen LogP contribution >= 0.6 is 0 Å². The van der Waals surface area contributed by atoms with Gasteiger partial charge in [-0.25, -0.2) is 0 Å². The zero-order valence-electron chi connectivity index (χ0n) is 11.4. The normalized spacial score (nSPS) is 21.4. The van der Waals surface area contributed by atoms with E-state index in [4.69, 9.17) is 11.2 Å². The molecule has 18 heavy (non-hydrogen) atoms. The Morgan fingerprint density at radius 2 is 2.39 bits per heavy atom. The van der Waals surface area contributed by atoms with Gasteiger partial charge >= 0.3 is 0 Å². The van der Waals surface area contributed by atoms with Crippen molar-refractivity contribution in [3.8, 4) is 12.3 Å². The minimum atomic E-state index is 0.482. The second kappa shape index (κ2) is 8.78. The predicted octanol–water partition coefficient (Wildman–Crippen LogP) is -0.105. The number of aliphatic imine (C=N–C) groups is 1. The first-order chi connectivity index (χ1) is 8.77. The molecule has 1 saturated heterocycles. The van der Waals surface area contributed by atoms with Gasteiger partial charge in [-0.3, -0.25) is 9.89 Å². The van der Waals surface area contributed by atoms with E-state index in [-0.39, 0.29) is 0 Å². The summed E-state index contributed by atoms with van der Waals surface area (Å²) in [7, 11) is 0. The molecule has 0 bridgehead atoms. The molecule has 1 aliphatic heterocycles. The smallest absolute Gasteiger partial charge is 0.192 e. The van der Waals surface area contributed by atoms with Crippen LogP contribution in [-0.2, 0) is 4.74 Å². The molecule has 1 unspecified atom stereocenters. The molecule has 1 rings (SSSR count). The molecule has 0 spiro atoms. The van der Waals surface area contributed by atoms with Gasteiger partial charge in [0.2, 0.25) is 0 Å². The Hall–Kier alpha value is -1.25. The van der Waals surface area contributed by atoms with Gasteiger partial charge in [-0.1, -0.05) is 5.92 Å². The minimum absolute atomic E-state index is 0.482. The molecule has 0 amide bonds. The Morgan fingerprint density at radius 1 is 1.56 bits per heavy atom. The van der Waals surface area contributed by atoms with Gasteiger partial charge in [-0.15, -0.1) is 6.42 Å². The van der Waals surface area contributed by atoms with Gasteiger partial charge in [0.15, 0.2) is 5.96 Å². The lowest BCUT2D eigenvalue weighted by molar-refractivity contribution is 0.00141. The lowest BCUT2D eigenvalue weighted by Crippen LogP contribution is -2.45. The topological polar surface area (TPSA) is 48.9 Å². The zero-order chi connectivity index (χ0) is 13.2. The fourth-order valence-electron chi connectivity index (χ4n) is 1.86. The van der Waals surface area contributed by atoms with E-state index >= 15 is 0 Å². The minimum Gasteiger partial charge on any atom is -0.379 e. The summed E-state index contributed by atoms with van der Waals surface area (Å²) in [5, 5.41) is 6.25. The monoisotopic (exact) mass is 252 g/mol. The van der Waals surface area contributed by atoms with Crippen molar-refractivity contribution in [1.82, 2.24) is 15.5 Å². The Kier molecular flexibility index (Phi) is 7.23. The summed E-state index contributed by atoms with van der Waals surface area (Å²) < 4.78 is 5.41. The number of ether oxygens (including phenoxy) is 1. The molecule has 1 heterocycles. The summed E-state index contributed by atoms with van der Waals surface area (Å²) in [6, 6.07) is 0.482. The van der Waals surface area contributed by atoms with Crippen LogP contribution < -0.4 is 10.6 Å². The quantitative estimate of drug-likeness (QED) is 0.407. The maximum Gasteiger partial charge on any atom is 0.192 e. The van der Waals surface area contributed by atoms with E-state index in [1.807, 2.05) is 6.92 Å². The molecule has 5 nitrogen and oxygen atoms in total. The van der Waals surface area contributed by atoms with Crippen LogP contribution in [0.5, 0.6) is 0 Å². The van der Waals surface area contributed by atoms with Crippen molar-refractivity contribution in [2.75, 3.05) is 45.9 Å². The Bertz CT molecular complexity index is 298. The molecule has 0 aromatic rings. The third-order valence-corrected chi connectivity index (χ3v) is 2.86. The molecule has 2 N–H and O–H groups in total. The predicted molar refractivity (Wildman–Crippen MR) is 74.7 cm³/mol. The highest BCUT2D eigenvalue weighted by Crippen LogP contribution is 2.04. The third kappa shape index (κ3) is 5.39. The standard InChI is InChI=1S/C13H24N4O/c1-4-6-15-13(14-5-2)16-7-8-17-9-10-18-11-12(17)3/h1,12H,5-11H2,2-3H3,(H2,14,15,16). The molecular weight excluding hydrogens is 228 g/mol. The number of guanidine groups is 1. The van der Waals surface area contributed by atoms with Crippen molar-refractivity contribution >= 4 is 5.96 Å². The first-order valence-corrected chi connectivity index (χ1v) is 6.55. The van der Waals surface area contributed by atoms with Crippen LogP contribution in [0.3, 0.4) is 0 Å². The van der Waals surface area contributed by atoms with Crippen LogP contribution in [-0.4, -0.2) is 62.8 Å². The molecule has 5 heteroatoms. The van der Waals surface area contributed by atoms with Gasteiger partial charge in [0, 0.05) is 25.7 Å². The van der Waals surface area contributed by atoms with Crippen LogP contribution in [0.4, 0.5) is 0 Å². The molecule has 0 radical (unpaired) electrons. The summed E-state index contributed by atoms with van der Waals surface area (Å²) in [6.45, 7) is 9.92. The summed E-state index contributed by atoms with van der Waals surface area (Å²) >= 11 is 0. The van der Waals surface area contributed by atoms with Gasteiger partial charge in [-0.2, -0.15) is 0 Å². The van der Waals surface area contributed by atoms with Crippen LogP contribution in [0, 0.1) is 12.3 Å². The molecule has 0 aliphatic carbocycles. The SMILES string of the molecule is C#CCNC(=NCCN1CCOCC1C)NCC. The van der Waals surface area contributed by atoms with Crippen molar-refractivity contribution in [3.05, 3.63) is 0 Å². The van der Waals surface area contributed by atoms with E-state index in [0.717, 1.165) is 45.4 Å². The Labute approximate surface area is 110 Å². The van der Waals surface area contributed by atoms with Crippen LogP contribution in [0.25, 0.3) is 0 Å². The van der Waals surface area contributed by atoms with Crippen molar-refractivity contribution in [2.24, 2.45) is 4.99 Å². The first-order valence-electron chi connectivity index (χ1n) is 6.55. The maximum absolute atomic E-state index is 5.41. The molecule has 1 atom stereocenters. The maximum atomic E-state index is 5.41. The highest BCUT2D eigenvalue weighted by molar-refractivity contribution is 5.79. The van der Waals surface area contributed by atoms with Crippen molar-refractivity contribution in [3.63, 3.8) is 0 Å². The van der Waals surface area contributed by atoms with E-state index in [0.29, 0.717) is 12.6 Å². The summed E-state index contributed by atoms with van der Waals surface area (Å²) in [6.07, 6.45) is 5.22. The average Bonchev–Trinajstić information content (AvgIpc) is 2.38.